The first-order valence-corrected chi connectivity index (χ1v) is 3.55. The second-order valence-electron chi connectivity index (χ2n) is 2.40. The number of nitrogen functional groups attached to an aromatic ring is 1. The SMILES string of the molecule is Nc1cc(C(F)(F)F)cc(O)c1Cl. The molecule has 3 N–H and O–H groups in total. The summed E-state index contributed by atoms with van der Waals surface area (Å²) in [5.41, 5.74) is 3.81. The van der Waals surface area contributed by atoms with Gasteiger partial charge in [0.2, 0.25) is 0 Å². The van der Waals surface area contributed by atoms with E-state index in [2.05, 4.69) is 0 Å². The summed E-state index contributed by atoms with van der Waals surface area (Å²) in [7, 11) is 0. The molecule has 0 aromatic heterocycles. The van der Waals surface area contributed by atoms with Gasteiger partial charge in [-0.1, -0.05) is 11.6 Å². The molecule has 0 radical (unpaired) electrons. The van der Waals surface area contributed by atoms with Gasteiger partial charge in [-0.05, 0) is 12.1 Å². The maximum Gasteiger partial charge on any atom is 0.416 e. The third kappa shape index (κ3) is 1.98. The highest BCUT2D eigenvalue weighted by atomic mass is 35.5. The average Bonchev–Trinajstić information content (AvgIpc) is 1.97. The van der Waals surface area contributed by atoms with E-state index in [0.29, 0.717) is 12.1 Å². The largest absolute Gasteiger partial charge is 0.506 e. The van der Waals surface area contributed by atoms with E-state index in [9.17, 15) is 13.2 Å². The van der Waals surface area contributed by atoms with Gasteiger partial charge < -0.3 is 10.8 Å². The van der Waals surface area contributed by atoms with Gasteiger partial charge in [0.25, 0.3) is 0 Å². The first-order valence-electron chi connectivity index (χ1n) is 3.17. The average molecular weight is 212 g/mol. The standard InChI is InChI=1S/C7H5ClF3NO/c8-6-4(12)1-3(2-5(6)13)7(9,10)11/h1-2,13H,12H2. The Bertz CT molecular complexity index is 314. The number of nitrogens with two attached hydrogens (primary N) is 1. The van der Waals surface area contributed by atoms with Gasteiger partial charge in [0.15, 0.2) is 0 Å². The number of benzene rings is 1. The lowest BCUT2D eigenvalue weighted by atomic mass is 10.2. The summed E-state index contributed by atoms with van der Waals surface area (Å²) >= 11 is 5.36. The fourth-order valence-electron chi connectivity index (χ4n) is 0.795. The summed E-state index contributed by atoms with van der Waals surface area (Å²) in [6, 6.07) is 1.20. The molecule has 0 unspecified atom stereocenters. The molecule has 1 aromatic carbocycles. The van der Waals surface area contributed by atoms with Gasteiger partial charge in [0.1, 0.15) is 10.8 Å². The molecule has 2 nitrogen and oxygen atoms in total. The first-order chi connectivity index (χ1) is 5.82. The minimum Gasteiger partial charge on any atom is -0.506 e. The van der Waals surface area contributed by atoms with Crippen LogP contribution in [0.15, 0.2) is 12.1 Å². The van der Waals surface area contributed by atoms with Crippen molar-refractivity contribution < 1.29 is 18.3 Å². The van der Waals surface area contributed by atoms with E-state index >= 15 is 0 Å². The highest BCUT2D eigenvalue weighted by Gasteiger charge is 2.31. The molecule has 6 heteroatoms. The quantitative estimate of drug-likeness (QED) is 0.648. The molecule has 0 saturated carbocycles. The van der Waals surface area contributed by atoms with Gasteiger partial charge in [0, 0.05) is 0 Å². The van der Waals surface area contributed by atoms with E-state index in [4.69, 9.17) is 22.4 Å². The monoisotopic (exact) mass is 211 g/mol. The van der Waals surface area contributed by atoms with Crippen molar-refractivity contribution in [1.29, 1.82) is 0 Å². The molecule has 72 valence electrons. The number of phenolic OH excluding ortho intramolecular Hbond substituents is 1. The van der Waals surface area contributed by atoms with Crippen molar-refractivity contribution in [2.45, 2.75) is 6.18 Å². The van der Waals surface area contributed by atoms with Crippen LogP contribution in [0.1, 0.15) is 5.56 Å². The van der Waals surface area contributed by atoms with Crippen LogP contribution in [-0.4, -0.2) is 5.11 Å². The summed E-state index contributed by atoms with van der Waals surface area (Å²) < 4.78 is 36.2. The van der Waals surface area contributed by atoms with E-state index in [1.54, 1.807) is 0 Å². The van der Waals surface area contributed by atoms with Crippen LogP contribution in [0.4, 0.5) is 18.9 Å². The van der Waals surface area contributed by atoms with Gasteiger partial charge in [-0.15, -0.1) is 0 Å². The number of alkyl halides is 3. The first kappa shape index (κ1) is 9.98. The van der Waals surface area contributed by atoms with Crippen LogP contribution in [0.5, 0.6) is 5.75 Å². The maximum atomic E-state index is 12.1. The molecule has 0 bridgehead atoms. The molecule has 0 amide bonds. The fraction of sp³-hybridized carbons (Fsp3) is 0.143. The van der Waals surface area contributed by atoms with Gasteiger partial charge in [-0.25, -0.2) is 0 Å². The highest BCUT2D eigenvalue weighted by Crippen LogP contribution is 2.37. The van der Waals surface area contributed by atoms with E-state index in [1.807, 2.05) is 0 Å². The second-order valence-corrected chi connectivity index (χ2v) is 2.77. The third-order valence-electron chi connectivity index (χ3n) is 1.41. The van der Waals surface area contributed by atoms with E-state index in [-0.39, 0.29) is 10.7 Å². The lowest BCUT2D eigenvalue weighted by Gasteiger charge is -2.09. The van der Waals surface area contributed by atoms with E-state index in [1.165, 1.54) is 0 Å². The minimum atomic E-state index is -4.53. The van der Waals surface area contributed by atoms with Crippen LogP contribution in [0, 0.1) is 0 Å². The predicted octanol–water partition coefficient (Wildman–Crippen LogP) is 2.65. The number of anilines is 1. The fourth-order valence-corrected chi connectivity index (χ4v) is 0.904. The number of halogens is 4. The summed E-state index contributed by atoms with van der Waals surface area (Å²) in [5, 5.41) is 8.66. The Kier molecular flexibility index (Phi) is 2.30. The predicted molar refractivity (Wildman–Crippen MR) is 42.5 cm³/mol. The molecule has 1 aromatic rings. The normalized spacial score (nSPS) is 11.7. The molecule has 0 spiro atoms. The Morgan fingerprint density at radius 1 is 1.31 bits per heavy atom. The van der Waals surface area contributed by atoms with Crippen LogP contribution in [0.25, 0.3) is 0 Å². The number of aromatic hydroxyl groups is 1. The molecule has 13 heavy (non-hydrogen) atoms. The molecule has 0 aliphatic carbocycles. The maximum absolute atomic E-state index is 12.1. The zero-order valence-electron chi connectivity index (χ0n) is 6.19. The van der Waals surface area contributed by atoms with Crippen molar-refractivity contribution in [2.24, 2.45) is 0 Å². The van der Waals surface area contributed by atoms with Crippen molar-refractivity contribution in [1.82, 2.24) is 0 Å². The zero-order valence-corrected chi connectivity index (χ0v) is 6.95. The van der Waals surface area contributed by atoms with Crippen LogP contribution in [0.2, 0.25) is 5.02 Å². The van der Waals surface area contributed by atoms with Crippen LogP contribution in [0.3, 0.4) is 0 Å². The Labute approximate surface area is 76.7 Å². The highest BCUT2D eigenvalue weighted by molar-refractivity contribution is 6.34. The third-order valence-corrected chi connectivity index (χ3v) is 1.82. The van der Waals surface area contributed by atoms with Crippen LogP contribution < -0.4 is 5.73 Å². The van der Waals surface area contributed by atoms with Gasteiger partial charge >= 0.3 is 6.18 Å². The molecular formula is C7H5ClF3NO. The molecule has 0 aliphatic heterocycles. The Morgan fingerprint density at radius 3 is 2.23 bits per heavy atom. The van der Waals surface area contributed by atoms with Crippen molar-refractivity contribution in [3.8, 4) is 5.75 Å². The number of phenols is 1. The topological polar surface area (TPSA) is 46.2 Å². The molecular weight excluding hydrogens is 207 g/mol. The lowest BCUT2D eigenvalue weighted by Crippen LogP contribution is -2.05. The Morgan fingerprint density at radius 2 is 1.85 bits per heavy atom. The van der Waals surface area contributed by atoms with Gasteiger partial charge in [-0.2, -0.15) is 13.2 Å². The zero-order chi connectivity index (χ0) is 10.2. The molecule has 0 saturated heterocycles. The van der Waals surface area contributed by atoms with Crippen molar-refractivity contribution in [3.05, 3.63) is 22.7 Å². The molecule has 0 fully saturated rings. The van der Waals surface area contributed by atoms with Crippen molar-refractivity contribution in [2.75, 3.05) is 5.73 Å². The van der Waals surface area contributed by atoms with Crippen LogP contribution >= 0.6 is 11.6 Å². The van der Waals surface area contributed by atoms with Crippen molar-refractivity contribution in [3.63, 3.8) is 0 Å². The summed E-state index contributed by atoms with van der Waals surface area (Å²) in [5.74, 6) is -0.672. The molecule has 0 heterocycles. The number of hydrogen-bond acceptors (Lipinski definition) is 2. The van der Waals surface area contributed by atoms with Gasteiger partial charge in [-0.3, -0.25) is 0 Å². The second kappa shape index (κ2) is 2.99. The van der Waals surface area contributed by atoms with Gasteiger partial charge in [0.05, 0.1) is 11.3 Å². The number of rotatable bonds is 0. The number of hydrogen-bond donors (Lipinski definition) is 2. The Balaban J connectivity index is 3.29. The molecule has 0 aliphatic rings. The summed E-state index contributed by atoms with van der Waals surface area (Å²) in [6.45, 7) is 0. The van der Waals surface area contributed by atoms with E-state index < -0.39 is 17.5 Å². The van der Waals surface area contributed by atoms with Crippen LogP contribution in [-0.2, 0) is 6.18 Å². The van der Waals surface area contributed by atoms with Crippen molar-refractivity contribution >= 4 is 17.3 Å². The summed E-state index contributed by atoms with van der Waals surface area (Å²) in [4.78, 5) is 0. The van der Waals surface area contributed by atoms with E-state index in [0.717, 1.165) is 0 Å². The molecule has 1 rings (SSSR count). The lowest BCUT2D eigenvalue weighted by molar-refractivity contribution is -0.137. The smallest absolute Gasteiger partial charge is 0.416 e. The minimum absolute atomic E-state index is 0.270. The Hall–Kier alpha value is -1.10. The molecule has 0 atom stereocenters. The summed E-state index contributed by atoms with van der Waals surface area (Å²) in [6.07, 6.45) is -4.53.